The monoisotopic (exact) mass is 277 g/mol. The quantitative estimate of drug-likeness (QED) is 0.849. The Morgan fingerprint density at radius 3 is 2.82 bits per heavy atom. The smallest absolute Gasteiger partial charge is 0.270 e. The molecule has 6 heteroatoms. The highest BCUT2D eigenvalue weighted by Crippen LogP contribution is 2.17. The third kappa shape index (κ3) is 3.15. The van der Waals surface area contributed by atoms with Gasteiger partial charge in [0.15, 0.2) is 0 Å². The van der Waals surface area contributed by atoms with Crippen LogP contribution in [0.2, 0.25) is 5.02 Å². The van der Waals surface area contributed by atoms with Gasteiger partial charge in [0.05, 0.1) is 5.02 Å². The SMILES string of the molecule is Cl.Cn1cc(Cl)cc1C(=O)N1CCC[C@@H](N)C1. The Labute approximate surface area is 112 Å². The number of likely N-dealkylation sites (tertiary alicyclic amines) is 1. The molecule has 0 aliphatic carbocycles. The lowest BCUT2D eigenvalue weighted by Gasteiger charge is -2.30. The van der Waals surface area contributed by atoms with Gasteiger partial charge in [-0.2, -0.15) is 0 Å². The van der Waals surface area contributed by atoms with E-state index >= 15 is 0 Å². The fourth-order valence-corrected chi connectivity index (χ4v) is 2.34. The molecule has 17 heavy (non-hydrogen) atoms. The zero-order valence-electron chi connectivity index (χ0n) is 9.73. The number of carbonyl (C=O) groups is 1. The maximum atomic E-state index is 12.2. The standard InChI is InChI=1S/C11H16ClN3O.ClH/c1-14-6-8(12)5-10(14)11(16)15-4-2-3-9(13)7-15;/h5-6,9H,2-4,7,13H2,1H3;1H/t9-;/m1./s1. The third-order valence-electron chi connectivity index (χ3n) is 2.94. The van der Waals surface area contributed by atoms with Crippen molar-refractivity contribution in [3.63, 3.8) is 0 Å². The van der Waals surface area contributed by atoms with Crippen molar-refractivity contribution >= 4 is 29.9 Å². The van der Waals surface area contributed by atoms with E-state index in [2.05, 4.69) is 0 Å². The number of carbonyl (C=O) groups excluding carboxylic acids is 1. The lowest BCUT2D eigenvalue weighted by Crippen LogP contribution is -2.46. The summed E-state index contributed by atoms with van der Waals surface area (Å²) in [6.07, 6.45) is 3.71. The molecule has 2 N–H and O–H groups in total. The zero-order chi connectivity index (χ0) is 11.7. The number of nitrogens with two attached hydrogens (primary N) is 1. The molecule has 1 aromatic rings. The van der Waals surface area contributed by atoms with Crippen molar-refractivity contribution in [3.05, 3.63) is 23.0 Å². The highest BCUT2D eigenvalue weighted by Gasteiger charge is 2.24. The fourth-order valence-electron chi connectivity index (χ4n) is 2.09. The molecular formula is C11H17Cl2N3O. The lowest BCUT2D eigenvalue weighted by molar-refractivity contribution is 0.0699. The molecular weight excluding hydrogens is 261 g/mol. The van der Waals surface area contributed by atoms with Crippen LogP contribution in [0.5, 0.6) is 0 Å². The molecule has 0 aromatic carbocycles. The topological polar surface area (TPSA) is 51.3 Å². The third-order valence-corrected chi connectivity index (χ3v) is 3.14. The van der Waals surface area contributed by atoms with Gasteiger partial charge in [0.1, 0.15) is 5.69 Å². The Balaban J connectivity index is 0.00000144. The molecule has 1 aliphatic heterocycles. The van der Waals surface area contributed by atoms with Crippen molar-refractivity contribution < 1.29 is 4.79 Å². The Morgan fingerprint density at radius 1 is 1.59 bits per heavy atom. The first-order valence-corrected chi connectivity index (χ1v) is 5.82. The molecule has 2 rings (SSSR count). The summed E-state index contributed by atoms with van der Waals surface area (Å²) in [5, 5.41) is 0.590. The van der Waals surface area contributed by atoms with Crippen molar-refractivity contribution in [1.82, 2.24) is 9.47 Å². The molecule has 1 saturated heterocycles. The summed E-state index contributed by atoms with van der Waals surface area (Å²) in [5.74, 6) is 0.0181. The number of hydrogen-bond acceptors (Lipinski definition) is 2. The molecule has 0 saturated carbocycles. The van der Waals surface area contributed by atoms with Crippen LogP contribution in [0.15, 0.2) is 12.3 Å². The van der Waals surface area contributed by atoms with Gasteiger partial charge in [0.25, 0.3) is 5.91 Å². The maximum absolute atomic E-state index is 12.2. The van der Waals surface area contributed by atoms with Gasteiger partial charge in [-0.3, -0.25) is 4.79 Å². The average Bonchev–Trinajstić information content (AvgIpc) is 2.57. The van der Waals surface area contributed by atoms with Gasteiger partial charge in [-0.05, 0) is 18.9 Å². The van der Waals surface area contributed by atoms with E-state index in [4.69, 9.17) is 17.3 Å². The summed E-state index contributed by atoms with van der Waals surface area (Å²) in [4.78, 5) is 14.0. The Morgan fingerprint density at radius 2 is 2.29 bits per heavy atom. The van der Waals surface area contributed by atoms with Crippen LogP contribution in [0.4, 0.5) is 0 Å². The Bertz CT molecular complexity index is 405. The second-order valence-corrected chi connectivity index (χ2v) is 4.74. The molecule has 0 spiro atoms. The lowest BCUT2D eigenvalue weighted by atomic mass is 10.1. The fraction of sp³-hybridized carbons (Fsp3) is 0.545. The molecule has 1 atom stereocenters. The van der Waals surface area contributed by atoms with E-state index in [-0.39, 0.29) is 24.4 Å². The van der Waals surface area contributed by atoms with Gasteiger partial charge in [0, 0.05) is 32.4 Å². The van der Waals surface area contributed by atoms with Gasteiger partial charge in [-0.25, -0.2) is 0 Å². The highest BCUT2D eigenvalue weighted by molar-refractivity contribution is 6.31. The van der Waals surface area contributed by atoms with Crippen LogP contribution >= 0.6 is 24.0 Å². The number of aryl methyl sites for hydroxylation is 1. The van der Waals surface area contributed by atoms with E-state index in [1.54, 1.807) is 21.7 Å². The van der Waals surface area contributed by atoms with Gasteiger partial charge in [-0.15, -0.1) is 12.4 Å². The first-order valence-electron chi connectivity index (χ1n) is 5.44. The minimum atomic E-state index is 0. The van der Waals surface area contributed by atoms with Gasteiger partial charge in [0.2, 0.25) is 0 Å². The predicted octanol–water partition coefficient (Wildman–Crippen LogP) is 1.66. The van der Waals surface area contributed by atoms with Crippen LogP contribution in [0, 0.1) is 0 Å². The van der Waals surface area contributed by atoms with Crippen molar-refractivity contribution in [2.75, 3.05) is 13.1 Å². The highest BCUT2D eigenvalue weighted by atomic mass is 35.5. The van der Waals surface area contributed by atoms with E-state index in [0.717, 1.165) is 19.4 Å². The molecule has 4 nitrogen and oxygen atoms in total. The van der Waals surface area contributed by atoms with Crippen molar-refractivity contribution in [3.8, 4) is 0 Å². The largest absolute Gasteiger partial charge is 0.345 e. The van der Waals surface area contributed by atoms with Crippen molar-refractivity contribution in [2.24, 2.45) is 12.8 Å². The van der Waals surface area contributed by atoms with Gasteiger partial charge < -0.3 is 15.2 Å². The second-order valence-electron chi connectivity index (χ2n) is 4.31. The van der Waals surface area contributed by atoms with Crippen molar-refractivity contribution in [2.45, 2.75) is 18.9 Å². The minimum Gasteiger partial charge on any atom is -0.345 e. The molecule has 0 bridgehead atoms. The zero-order valence-corrected chi connectivity index (χ0v) is 11.3. The molecule has 1 aromatic heterocycles. The summed E-state index contributed by atoms with van der Waals surface area (Å²) in [6.45, 7) is 1.43. The van der Waals surface area contributed by atoms with Crippen LogP contribution in [-0.2, 0) is 7.05 Å². The summed E-state index contributed by atoms with van der Waals surface area (Å²) < 4.78 is 1.75. The second kappa shape index (κ2) is 5.76. The minimum absolute atomic E-state index is 0. The van der Waals surface area contributed by atoms with E-state index in [1.807, 2.05) is 7.05 Å². The average molecular weight is 278 g/mol. The Hall–Kier alpha value is -0.710. The van der Waals surface area contributed by atoms with Crippen LogP contribution in [0.3, 0.4) is 0 Å². The normalized spacial score (nSPS) is 19.9. The molecule has 1 fully saturated rings. The summed E-state index contributed by atoms with van der Waals surface area (Å²) >= 11 is 5.86. The molecule has 96 valence electrons. The molecule has 1 aliphatic rings. The molecule has 0 unspecified atom stereocenters. The van der Waals surface area contributed by atoms with Gasteiger partial charge >= 0.3 is 0 Å². The number of halogens is 2. The summed E-state index contributed by atoms with van der Waals surface area (Å²) in [6, 6.07) is 1.80. The van der Waals surface area contributed by atoms with E-state index in [9.17, 15) is 4.79 Å². The number of hydrogen-bond donors (Lipinski definition) is 1. The van der Waals surface area contributed by atoms with Gasteiger partial charge in [-0.1, -0.05) is 11.6 Å². The molecule has 1 amide bonds. The number of amides is 1. The van der Waals surface area contributed by atoms with Crippen LogP contribution in [-0.4, -0.2) is 34.5 Å². The van der Waals surface area contributed by atoms with Crippen LogP contribution in [0.1, 0.15) is 23.3 Å². The summed E-state index contributed by atoms with van der Waals surface area (Å²) in [7, 11) is 1.82. The van der Waals surface area contributed by atoms with E-state index in [1.165, 1.54) is 0 Å². The van der Waals surface area contributed by atoms with Crippen LogP contribution in [0.25, 0.3) is 0 Å². The van der Waals surface area contributed by atoms with Crippen LogP contribution < -0.4 is 5.73 Å². The number of piperidine rings is 1. The number of rotatable bonds is 1. The summed E-state index contributed by atoms with van der Waals surface area (Å²) in [5.41, 5.74) is 6.48. The first-order chi connectivity index (χ1) is 7.58. The Kier molecular flexibility index (Phi) is 4.86. The predicted molar refractivity (Wildman–Crippen MR) is 70.8 cm³/mol. The molecule has 0 radical (unpaired) electrons. The number of aromatic nitrogens is 1. The number of nitrogens with zero attached hydrogens (tertiary/aromatic N) is 2. The first kappa shape index (κ1) is 14.4. The maximum Gasteiger partial charge on any atom is 0.270 e. The van der Waals surface area contributed by atoms with E-state index < -0.39 is 0 Å². The molecule has 2 heterocycles. The van der Waals surface area contributed by atoms with E-state index in [0.29, 0.717) is 17.3 Å². The van der Waals surface area contributed by atoms with Crippen molar-refractivity contribution in [1.29, 1.82) is 0 Å².